The molecule has 3 rings (SSSR count). The van der Waals surface area contributed by atoms with Gasteiger partial charge < -0.3 is 16.4 Å². The van der Waals surface area contributed by atoms with Gasteiger partial charge in [-0.15, -0.1) is 0 Å². The number of nitrogens with one attached hydrogen (secondary N) is 2. The Labute approximate surface area is 127 Å². The summed E-state index contributed by atoms with van der Waals surface area (Å²) in [5.41, 5.74) is 5.88. The van der Waals surface area contributed by atoms with Crippen molar-refractivity contribution in [3.8, 4) is 0 Å². The van der Waals surface area contributed by atoms with Crippen LogP contribution in [0, 0.1) is 0 Å². The zero-order valence-electron chi connectivity index (χ0n) is 11.4. The minimum Gasteiger partial charge on any atom is -0.382 e. The van der Waals surface area contributed by atoms with Crippen molar-refractivity contribution in [3.05, 3.63) is 4.88 Å². The molecule has 110 valence electrons. The van der Waals surface area contributed by atoms with E-state index in [1.165, 1.54) is 30.6 Å². The number of nitrogen functional groups attached to an aromatic ring is 1. The van der Waals surface area contributed by atoms with Crippen LogP contribution >= 0.6 is 23.1 Å². The van der Waals surface area contributed by atoms with Crippen molar-refractivity contribution in [1.29, 1.82) is 0 Å². The Balaban J connectivity index is 1.61. The lowest BCUT2D eigenvalue weighted by molar-refractivity contribution is 0.0939. The van der Waals surface area contributed by atoms with Crippen LogP contribution in [0.25, 0.3) is 0 Å². The molecule has 1 aliphatic heterocycles. The second-order valence-corrected chi connectivity index (χ2v) is 7.59. The van der Waals surface area contributed by atoms with E-state index >= 15 is 0 Å². The molecule has 2 aliphatic rings. The summed E-state index contributed by atoms with van der Waals surface area (Å²) >= 11 is 3.32. The summed E-state index contributed by atoms with van der Waals surface area (Å²) in [7, 11) is 0. The Bertz CT molecular complexity index is 481. The Morgan fingerprint density at radius 3 is 2.60 bits per heavy atom. The van der Waals surface area contributed by atoms with Gasteiger partial charge in [-0.05, 0) is 43.6 Å². The fraction of sp³-hybridized carbons (Fsp3) is 0.692. The Morgan fingerprint density at radius 2 is 1.95 bits per heavy atom. The number of hydrogen-bond donors (Lipinski definition) is 3. The average molecular weight is 312 g/mol. The van der Waals surface area contributed by atoms with E-state index in [-0.39, 0.29) is 11.9 Å². The van der Waals surface area contributed by atoms with Gasteiger partial charge in [-0.2, -0.15) is 11.8 Å². The quantitative estimate of drug-likeness (QED) is 0.795. The van der Waals surface area contributed by atoms with E-state index in [9.17, 15) is 4.79 Å². The number of carbonyl (C=O) groups excluding carboxylic acids is 1. The highest BCUT2D eigenvalue weighted by Crippen LogP contribution is 2.29. The van der Waals surface area contributed by atoms with Crippen LogP contribution in [0.5, 0.6) is 0 Å². The molecule has 1 saturated heterocycles. The maximum Gasteiger partial charge on any atom is 0.265 e. The molecule has 0 atom stereocenters. The van der Waals surface area contributed by atoms with Crippen molar-refractivity contribution in [3.63, 3.8) is 0 Å². The van der Waals surface area contributed by atoms with Gasteiger partial charge >= 0.3 is 0 Å². The highest BCUT2D eigenvalue weighted by molar-refractivity contribution is 7.99. The van der Waals surface area contributed by atoms with Crippen molar-refractivity contribution in [2.24, 2.45) is 0 Å². The van der Waals surface area contributed by atoms with E-state index in [4.69, 9.17) is 5.73 Å². The molecule has 1 aromatic rings. The third-order valence-electron chi connectivity index (χ3n) is 3.85. The summed E-state index contributed by atoms with van der Waals surface area (Å²) in [6, 6.07) is 0.792. The van der Waals surface area contributed by atoms with Crippen LogP contribution in [0.1, 0.15) is 41.8 Å². The van der Waals surface area contributed by atoms with Crippen LogP contribution in [-0.4, -0.2) is 34.5 Å². The first-order chi connectivity index (χ1) is 9.72. The second-order valence-electron chi connectivity index (χ2n) is 5.37. The molecular weight excluding hydrogens is 292 g/mol. The molecule has 1 aromatic heterocycles. The lowest BCUT2D eigenvalue weighted by atomic mass is 9.93. The van der Waals surface area contributed by atoms with Crippen molar-refractivity contribution in [2.75, 3.05) is 22.6 Å². The van der Waals surface area contributed by atoms with Crippen LogP contribution in [0.15, 0.2) is 0 Å². The van der Waals surface area contributed by atoms with E-state index in [1.807, 2.05) is 11.8 Å². The number of hydrogen-bond acceptors (Lipinski definition) is 6. The van der Waals surface area contributed by atoms with Crippen LogP contribution in [0.3, 0.4) is 0 Å². The fourth-order valence-electron chi connectivity index (χ4n) is 2.38. The van der Waals surface area contributed by atoms with E-state index in [2.05, 4.69) is 15.6 Å². The number of aromatic nitrogens is 1. The van der Waals surface area contributed by atoms with Gasteiger partial charge in [0.15, 0.2) is 5.13 Å². The maximum atomic E-state index is 12.3. The van der Waals surface area contributed by atoms with Gasteiger partial charge in [-0.3, -0.25) is 4.79 Å². The highest BCUT2D eigenvalue weighted by atomic mass is 32.2. The predicted molar refractivity (Wildman–Crippen MR) is 85.6 cm³/mol. The first-order valence-electron chi connectivity index (χ1n) is 7.14. The van der Waals surface area contributed by atoms with Crippen molar-refractivity contribution < 1.29 is 4.79 Å². The SMILES string of the molecule is Nc1nc(NC2CCC2)sc1C(=O)NC1CCSCC1. The van der Waals surface area contributed by atoms with Crippen molar-refractivity contribution in [2.45, 2.75) is 44.2 Å². The van der Waals surface area contributed by atoms with Gasteiger partial charge in [0.05, 0.1) is 0 Å². The average Bonchev–Trinajstić information content (AvgIpc) is 2.76. The van der Waals surface area contributed by atoms with Gasteiger partial charge in [0.1, 0.15) is 10.7 Å². The molecule has 2 fully saturated rings. The third-order valence-corrected chi connectivity index (χ3v) is 5.90. The number of amides is 1. The molecule has 7 heteroatoms. The molecule has 1 aliphatic carbocycles. The second kappa shape index (κ2) is 6.22. The molecule has 1 saturated carbocycles. The van der Waals surface area contributed by atoms with Crippen LogP contribution in [0.2, 0.25) is 0 Å². The van der Waals surface area contributed by atoms with E-state index in [0.29, 0.717) is 16.7 Å². The topological polar surface area (TPSA) is 80.0 Å². The molecular formula is C13H20N4OS2. The molecule has 2 heterocycles. The monoisotopic (exact) mass is 312 g/mol. The van der Waals surface area contributed by atoms with Gasteiger partial charge in [0.25, 0.3) is 5.91 Å². The molecule has 5 nitrogen and oxygen atoms in total. The number of anilines is 2. The minimum absolute atomic E-state index is 0.0708. The molecule has 1 amide bonds. The lowest BCUT2D eigenvalue weighted by Gasteiger charge is -2.25. The van der Waals surface area contributed by atoms with E-state index in [0.717, 1.165) is 29.5 Å². The molecule has 0 spiro atoms. The summed E-state index contributed by atoms with van der Waals surface area (Å²) in [5, 5.41) is 7.20. The zero-order valence-corrected chi connectivity index (χ0v) is 13.0. The number of thioether (sulfide) groups is 1. The molecule has 4 N–H and O–H groups in total. The van der Waals surface area contributed by atoms with Crippen LogP contribution in [0.4, 0.5) is 10.9 Å². The smallest absolute Gasteiger partial charge is 0.265 e. The summed E-state index contributed by atoms with van der Waals surface area (Å²) < 4.78 is 0. The zero-order chi connectivity index (χ0) is 13.9. The number of nitrogens with two attached hydrogens (primary N) is 1. The minimum atomic E-state index is -0.0708. The summed E-state index contributed by atoms with van der Waals surface area (Å²) in [6.45, 7) is 0. The van der Waals surface area contributed by atoms with Crippen LogP contribution in [-0.2, 0) is 0 Å². The summed E-state index contributed by atoms with van der Waals surface area (Å²) in [4.78, 5) is 17.1. The van der Waals surface area contributed by atoms with Crippen molar-refractivity contribution in [1.82, 2.24) is 10.3 Å². The first-order valence-corrected chi connectivity index (χ1v) is 9.11. The number of rotatable bonds is 4. The largest absolute Gasteiger partial charge is 0.382 e. The summed E-state index contributed by atoms with van der Waals surface area (Å²) in [5.74, 6) is 2.52. The highest BCUT2D eigenvalue weighted by Gasteiger charge is 2.23. The summed E-state index contributed by atoms with van der Waals surface area (Å²) in [6.07, 6.45) is 5.72. The lowest BCUT2D eigenvalue weighted by Crippen LogP contribution is -2.37. The standard InChI is InChI=1S/C13H20N4OS2/c14-11-10(12(18)15-9-4-6-19-7-5-9)20-13(17-11)16-8-2-1-3-8/h8-9H,1-7,14H2,(H,15,18)(H,16,17). The van der Waals surface area contributed by atoms with Gasteiger partial charge in [0, 0.05) is 12.1 Å². The van der Waals surface area contributed by atoms with E-state index in [1.54, 1.807) is 0 Å². The Kier molecular flexibility index (Phi) is 4.35. The molecule has 0 bridgehead atoms. The fourth-order valence-corrected chi connectivity index (χ4v) is 4.35. The van der Waals surface area contributed by atoms with Gasteiger partial charge in [0.2, 0.25) is 0 Å². The van der Waals surface area contributed by atoms with Gasteiger partial charge in [-0.1, -0.05) is 11.3 Å². The Hall–Kier alpha value is -0.950. The first kappa shape index (κ1) is 14.0. The molecule has 0 aromatic carbocycles. The molecule has 0 unspecified atom stereocenters. The third kappa shape index (κ3) is 3.20. The number of thiazole rings is 1. The van der Waals surface area contributed by atoms with Gasteiger partial charge in [-0.25, -0.2) is 4.98 Å². The van der Waals surface area contributed by atoms with Crippen molar-refractivity contribution >= 4 is 40.0 Å². The number of carbonyl (C=O) groups is 1. The molecule has 0 radical (unpaired) electrons. The molecule has 20 heavy (non-hydrogen) atoms. The number of nitrogens with zero attached hydrogens (tertiary/aromatic N) is 1. The predicted octanol–water partition coefficient (Wildman–Crippen LogP) is 2.32. The van der Waals surface area contributed by atoms with E-state index < -0.39 is 0 Å². The van der Waals surface area contributed by atoms with Crippen LogP contribution < -0.4 is 16.4 Å². The maximum absolute atomic E-state index is 12.3. The Morgan fingerprint density at radius 1 is 1.20 bits per heavy atom. The normalized spacial score (nSPS) is 20.4.